The number of aryl methyl sites for hydroxylation is 2. The molecule has 0 heterocycles. The monoisotopic (exact) mass is 211 g/mol. The van der Waals surface area contributed by atoms with Crippen LogP contribution in [-0.4, -0.2) is 7.05 Å². The van der Waals surface area contributed by atoms with Gasteiger partial charge in [0.05, 0.1) is 0 Å². The fraction of sp³-hybridized carbons (Fsp3) is 0.500. The van der Waals surface area contributed by atoms with Crippen LogP contribution in [0.2, 0.25) is 5.02 Å². The van der Waals surface area contributed by atoms with Crippen molar-refractivity contribution in [2.45, 2.75) is 33.2 Å². The summed E-state index contributed by atoms with van der Waals surface area (Å²) in [7, 11) is 1.97. The van der Waals surface area contributed by atoms with E-state index >= 15 is 0 Å². The smallest absolute Gasteiger partial charge is 0.0456 e. The first-order valence-corrected chi connectivity index (χ1v) is 5.41. The Bertz CT molecular complexity index is 316. The van der Waals surface area contributed by atoms with Crippen LogP contribution >= 0.6 is 11.6 Å². The molecule has 0 spiro atoms. The van der Waals surface area contributed by atoms with Crippen molar-refractivity contribution in [1.29, 1.82) is 0 Å². The van der Waals surface area contributed by atoms with E-state index in [9.17, 15) is 0 Å². The molecule has 0 amide bonds. The van der Waals surface area contributed by atoms with Crippen molar-refractivity contribution < 1.29 is 0 Å². The SMILES string of the molecule is CCC(NC)c1cc(C)c(C)cc1Cl. The lowest BCUT2D eigenvalue weighted by atomic mass is 9.99. The molecule has 14 heavy (non-hydrogen) atoms. The van der Waals surface area contributed by atoms with Crippen molar-refractivity contribution in [2.24, 2.45) is 0 Å². The molecule has 0 fully saturated rings. The van der Waals surface area contributed by atoms with Crippen LogP contribution in [0.1, 0.15) is 36.1 Å². The number of nitrogens with one attached hydrogen (secondary N) is 1. The van der Waals surface area contributed by atoms with E-state index in [1.165, 1.54) is 16.7 Å². The van der Waals surface area contributed by atoms with E-state index in [1.807, 2.05) is 13.1 Å². The molecule has 1 aromatic carbocycles. The molecule has 0 bridgehead atoms. The molecule has 2 heteroatoms. The average molecular weight is 212 g/mol. The third-order valence-electron chi connectivity index (χ3n) is 2.75. The number of benzene rings is 1. The molecular weight excluding hydrogens is 194 g/mol. The highest BCUT2D eigenvalue weighted by Crippen LogP contribution is 2.27. The minimum Gasteiger partial charge on any atom is -0.313 e. The van der Waals surface area contributed by atoms with Crippen LogP contribution in [0.25, 0.3) is 0 Å². The van der Waals surface area contributed by atoms with Gasteiger partial charge in [-0.05, 0) is 50.1 Å². The lowest BCUT2D eigenvalue weighted by molar-refractivity contribution is 0.576. The summed E-state index contributed by atoms with van der Waals surface area (Å²) < 4.78 is 0. The molecular formula is C12H18ClN. The first kappa shape index (κ1) is 11.5. The van der Waals surface area contributed by atoms with Crippen molar-refractivity contribution in [3.8, 4) is 0 Å². The molecule has 0 aliphatic rings. The second-order valence-electron chi connectivity index (χ2n) is 3.71. The fourth-order valence-corrected chi connectivity index (χ4v) is 2.00. The summed E-state index contributed by atoms with van der Waals surface area (Å²) in [6.07, 6.45) is 1.05. The summed E-state index contributed by atoms with van der Waals surface area (Å²) in [5, 5.41) is 4.14. The zero-order valence-electron chi connectivity index (χ0n) is 9.32. The van der Waals surface area contributed by atoms with E-state index in [1.54, 1.807) is 0 Å². The first-order valence-electron chi connectivity index (χ1n) is 5.04. The molecule has 0 aromatic heterocycles. The molecule has 0 aliphatic carbocycles. The zero-order valence-corrected chi connectivity index (χ0v) is 10.1. The Morgan fingerprint density at radius 2 is 1.86 bits per heavy atom. The zero-order chi connectivity index (χ0) is 10.7. The van der Waals surface area contributed by atoms with E-state index < -0.39 is 0 Å². The van der Waals surface area contributed by atoms with Gasteiger partial charge < -0.3 is 5.32 Å². The van der Waals surface area contributed by atoms with Gasteiger partial charge in [0.2, 0.25) is 0 Å². The van der Waals surface area contributed by atoms with Crippen LogP contribution in [-0.2, 0) is 0 Å². The van der Waals surface area contributed by atoms with Gasteiger partial charge in [0.1, 0.15) is 0 Å². The molecule has 0 saturated heterocycles. The third-order valence-corrected chi connectivity index (χ3v) is 3.07. The van der Waals surface area contributed by atoms with Crippen LogP contribution in [0.5, 0.6) is 0 Å². The minimum absolute atomic E-state index is 0.363. The van der Waals surface area contributed by atoms with Crippen molar-refractivity contribution in [3.05, 3.63) is 33.8 Å². The highest BCUT2D eigenvalue weighted by molar-refractivity contribution is 6.31. The van der Waals surface area contributed by atoms with Crippen molar-refractivity contribution in [2.75, 3.05) is 7.05 Å². The van der Waals surface area contributed by atoms with Gasteiger partial charge in [-0.2, -0.15) is 0 Å². The standard InChI is InChI=1S/C12H18ClN/c1-5-12(14-4)10-6-8(2)9(3)7-11(10)13/h6-7,12,14H,5H2,1-4H3. The Labute approximate surface area is 91.5 Å². The quantitative estimate of drug-likeness (QED) is 0.805. The molecule has 1 rings (SSSR count). The summed E-state index contributed by atoms with van der Waals surface area (Å²) in [4.78, 5) is 0. The first-order chi connectivity index (χ1) is 6.60. The van der Waals surface area contributed by atoms with Crippen molar-refractivity contribution in [3.63, 3.8) is 0 Å². The van der Waals surface area contributed by atoms with Crippen LogP contribution in [0, 0.1) is 13.8 Å². The Morgan fingerprint density at radius 1 is 1.29 bits per heavy atom. The molecule has 1 N–H and O–H groups in total. The van der Waals surface area contributed by atoms with Crippen molar-refractivity contribution in [1.82, 2.24) is 5.32 Å². The second kappa shape index (κ2) is 4.81. The van der Waals surface area contributed by atoms with Crippen LogP contribution < -0.4 is 5.32 Å². The second-order valence-corrected chi connectivity index (χ2v) is 4.11. The van der Waals surface area contributed by atoms with Crippen molar-refractivity contribution >= 4 is 11.6 Å². The summed E-state index contributed by atoms with van der Waals surface area (Å²) in [5.41, 5.74) is 3.77. The molecule has 0 radical (unpaired) electrons. The average Bonchev–Trinajstić information content (AvgIpc) is 2.15. The van der Waals surface area contributed by atoms with Crippen LogP contribution in [0.4, 0.5) is 0 Å². The van der Waals surface area contributed by atoms with Crippen LogP contribution in [0.3, 0.4) is 0 Å². The molecule has 1 aromatic rings. The molecule has 78 valence electrons. The maximum absolute atomic E-state index is 6.21. The summed E-state index contributed by atoms with van der Waals surface area (Å²) >= 11 is 6.21. The van der Waals surface area contributed by atoms with Gasteiger partial charge in [0, 0.05) is 11.1 Å². The molecule has 1 unspecified atom stereocenters. The normalized spacial score (nSPS) is 12.9. The van der Waals surface area contributed by atoms with E-state index in [0.717, 1.165) is 11.4 Å². The highest BCUT2D eigenvalue weighted by atomic mass is 35.5. The molecule has 1 atom stereocenters. The minimum atomic E-state index is 0.363. The maximum atomic E-state index is 6.21. The number of hydrogen-bond acceptors (Lipinski definition) is 1. The maximum Gasteiger partial charge on any atom is 0.0456 e. The van der Waals surface area contributed by atoms with Gasteiger partial charge in [0.15, 0.2) is 0 Å². The van der Waals surface area contributed by atoms with Gasteiger partial charge in [-0.25, -0.2) is 0 Å². The Balaban J connectivity index is 3.14. The van der Waals surface area contributed by atoms with Gasteiger partial charge in [-0.3, -0.25) is 0 Å². The summed E-state index contributed by atoms with van der Waals surface area (Å²) in [5.74, 6) is 0. The Morgan fingerprint density at radius 3 is 2.36 bits per heavy atom. The van der Waals surface area contributed by atoms with Gasteiger partial charge in [-0.15, -0.1) is 0 Å². The Hall–Kier alpha value is -0.530. The molecule has 0 aliphatic heterocycles. The summed E-state index contributed by atoms with van der Waals surface area (Å²) in [6, 6.07) is 4.59. The topological polar surface area (TPSA) is 12.0 Å². The van der Waals surface area contributed by atoms with Gasteiger partial charge in [0.25, 0.3) is 0 Å². The molecule has 1 nitrogen and oxygen atoms in total. The van der Waals surface area contributed by atoms with E-state index in [-0.39, 0.29) is 0 Å². The Kier molecular flexibility index (Phi) is 3.97. The lowest BCUT2D eigenvalue weighted by Crippen LogP contribution is -2.15. The predicted molar refractivity (Wildman–Crippen MR) is 63.0 cm³/mol. The van der Waals surface area contributed by atoms with E-state index in [2.05, 4.69) is 32.2 Å². The number of halogens is 1. The van der Waals surface area contributed by atoms with Gasteiger partial charge >= 0.3 is 0 Å². The van der Waals surface area contributed by atoms with Crippen LogP contribution in [0.15, 0.2) is 12.1 Å². The fourth-order valence-electron chi connectivity index (χ4n) is 1.65. The lowest BCUT2D eigenvalue weighted by Gasteiger charge is -2.17. The number of hydrogen-bond donors (Lipinski definition) is 1. The third kappa shape index (κ3) is 2.28. The highest BCUT2D eigenvalue weighted by Gasteiger charge is 2.11. The number of rotatable bonds is 3. The largest absolute Gasteiger partial charge is 0.313 e. The van der Waals surface area contributed by atoms with Gasteiger partial charge in [-0.1, -0.05) is 24.6 Å². The predicted octanol–water partition coefficient (Wildman–Crippen LogP) is 3.63. The van der Waals surface area contributed by atoms with E-state index in [0.29, 0.717) is 6.04 Å². The van der Waals surface area contributed by atoms with E-state index in [4.69, 9.17) is 11.6 Å². The summed E-state index contributed by atoms with van der Waals surface area (Å²) in [6.45, 7) is 6.37. The molecule has 0 saturated carbocycles.